The van der Waals surface area contributed by atoms with E-state index in [9.17, 15) is 14.4 Å². The molecule has 0 radical (unpaired) electrons. The Balaban J connectivity index is 2.11. The van der Waals surface area contributed by atoms with E-state index in [1.54, 1.807) is 47.4 Å². The minimum Gasteiger partial charge on any atom is -0.465 e. The first-order valence-corrected chi connectivity index (χ1v) is 10.4. The van der Waals surface area contributed by atoms with Crippen LogP contribution in [0.15, 0.2) is 35.5 Å². The van der Waals surface area contributed by atoms with Crippen molar-refractivity contribution in [3.8, 4) is 0 Å². The molecule has 0 aliphatic rings. The van der Waals surface area contributed by atoms with Crippen LogP contribution in [0.5, 0.6) is 0 Å². The van der Waals surface area contributed by atoms with Crippen LogP contribution in [-0.2, 0) is 27.4 Å². The van der Waals surface area contributed by atoms with E-state index in [-0.39, 0.29) is 19.8 Å². The minimum absolute atomic E-state index is 0.105. The van der Waals surface area contributed by atoms with E-state index < -0.39 is 17.8 Å². The van der Waals surface area contributed by atoms with E-state index in [2.05, 4.69) is 10.1 Å². The van der Waals surface area contributed by atoms with Crippen LogP contribution in [0.4, 0.5) is 0 Å². The molecule has 0 unspecified atom stereocenters. The number of carbonyl (C=O) groups is 3. The number of benzene rings is 1. The average Bonchev–Trinajstić information content (AvgIpc) is 3.33. The molecule has 1 aromatic carbocycles. The molecule has 0 N–H and O–H groups in total. The highest BCUT2D eigenvalue weighted by molar-refractivity contribution is 7.16. The molecular formula is C20H22N4O5S. The lowest BCUT2D eigenvalue weighted by atomic mass is 10.2. The molecular weight excluding hydrogens is 408 g/mol. The first kappa shape index (κ1) is 21.4. The normalized spacial score (nSPS) is 11.6. The maximum Gasteiger partial charge on any atom is 0.338 e. The smallest absolute Gasteiger partial charge is 0.338 e. The maximum absolute atomic E-state index is 12.7. The third-order valence-corrected chi connectivity index (χ3v) is 5.26. The Bertz CT molecular complexity index is 1160. The fraction of sp³-hybridized carbons (Fsp3) is 0.350. The number of hydrogen-bond donors (Lipinski definition) is 0. The molecule has 2 heterocycles. The van der Waals surface area contributed by atoms with Crippen molar-refractivity contribution in [1.29, 1.82) is 0 Å². The van der Waals surface area contributed by atoms with Crippen LogP contribution >= 0.6 is 11.3 Å². The number of hydrogen-bond acceptors (Lipinski definition) is 7. The van der Waals surface area contributed by atoms with Crippen LogP contribution in [0.2, 0.25) is 0 Å². The second-order valence-electron chi connectivity index (χ2n) is 6.13. The first-order chi connectivity index (χ1) is 14.5. The molecule has 0 fully saturated rings. The number of aromatic nitrogens is 3. The van der Waals surface area contributed by atoms with Gasteiger partial charge in [-0.25, -0.2) is 4.79 Å². The van der Waals surface area contributed by atoms with E-state index in [1.807, 2.05) is 6.92 Å². The lowest BCUT2D eigenvalue weighted by Crippen LogP contribution is -2.23. The maximum atomic E-state index is 12.7. The van der Waals surface area contributed by atoms with E-state index in [0.29, 0.717) is 32.8 Å². The second-order valence-corrected chi connectivity index (χ2v) is 7.14. The van der Waals surface area contributed by atoms with Crippen molar-refractivity contribution in [1.82, 2.24) is 14.3 Å². The van der Waals surface area contributed by atoms with Crippen molar-refractivity contribution in [2.24, 2.45) is 4.99 Å². The molecule has 2 aromatic heterocycles. The SMILES string of the molecule is CCOC(=O)Cn1c(=NC(=O)c2ccnn2CC)sc2cc(C(=O)OCC)ccc21. The van der Waals surface area contributed by atoms with E-state index >= 15 is 0 Å². The molecule has 3 aromatic rings. The molecule has 0 atom stereocenters. The number of aryl methyl sites for hydroxylation is 1. The summed E-state index contributed by atoms with van der Waals surface area (Å²) in [5.74, 6) is -1.35. The highest BCUT2D eigenvalue weighted by Gasteiger charge is 2.16. The summed E-state index contributed by atoms with van der Waals surface area (Å²) in [4.78, 5) is 41.5. The molecule has 0 saturated heterocycles. The monoisotopic (exact) mass is 430 g/mol. The Kier molecular flexibility index (Phi) is 6.78. The van der Waals surface area contributed by atoms with Gasteiger partial charge < -0.3 is 14.0 Å². The van der Waals surface area contributed by atoms with Gasteiger partial charge >= 0.3 is 11.9 Å². The second kappa shape index (κ2) is 9.49. The van der Waals surface area contributed by atoms with Gasteiger partial charge in [0.05, 0.1) is 29.0 Å². The van der Waals surface area contributed by atoms with E-state index in [0.717, 1.165) is 0 Å². The quantitative estimate of drug-likeness (QED) is 0.533. The van der Waals surface area contributed by atoms with Crippen molar-refractivity contribution in [2.75, 3.05) is 13.2 Å². The van der Waals surface area contributed by atoms with Gasteiger partial charge in [-0.15, -0.1) is 0 Å². The highest BCUT2D eigenvalue weighted by Crippen LogP contribution is 2.20. The van der Waals surface area contributed by atoms with E-state index in [1.165, 1.54) is 17.5 Å². The topological polar surface area (TPSA) is 105 Å². The van der Waals surface area contributed by atoms with Crippen LogP contribution in [-0.4, -0.2) is 45.4 Å². The molecule has 0 aliphatic carbocycles. The van der Waals surface area contributed by atoms with Crippen molar-refractivity contribution >= 4 is 39.4 Å². The first-order valence-electron chi connectivity index (χ1n) is 9.55. The predicted octanol–water partition coefficient (Wildman–Crippen LogP) is 2.40. The van der Waals surface area contributed by atoms with Crippen molar-refractivity contribution in [3.63, 3.8) is 0 Å². The number of carbonyl (C=O) groups excluding carboxylic acids is 3. The molecule has 10 heteroatoms. The van der Waals surface area contributed by atoms with Gasteiger partial charge in [0.15, 0.2) is 4.80 Å². The number of thiazole rings is 1. The molecule has 3 rings (SSSR count). The third-order valence-electron chi connectivity index (χ3n) is 4.22. The Labute approximate surface area is 176 Å². The van der Waals surface area contributed by atoms with Gasteiger partial charge in [-0.05, 0) is 45.0 Å². The number of rotatable bonds is 7. The summed E-state index contributed by atoms with van der Waals surface area (Å²) < 4.78 is 14.0. The summed E-state index contributed by atoms with van der Waals surface area (Å²) in [5, 5.41) is 4.09. The molecule has 158 valence electrons. The highest BCUT2D eigenvalue weighted by atomic mass is 32.1. The van der Waals surface area contributed by atoms with Gasteiger partial charge in [-0.1, -0.05) is 11.3 Å². The van der Waals surface area contributed by atoms with Gasteiger partial charge in [0.25, 0.3) is 5.91 Å². The average molecular weight is 430 g/mol. The van der Waals surface area contributed by atoms with Gasteiger partial charge in [0, 0.05) is 12.7 Å². The fourth-order valence-electron chi connectivity index (χ4n) is 2.90. The van der Waals surface area contributed by atoms with Gasteiger partial charge in [-0.2, -0.15) is 10.1 Å². The molecule has 30 heavy (non-hydrogen) atoms. The summed E-state index contributed by atoms with van der Waals surface area (Å²) in [6.45, 7) is 6.27. The number of fused-ring (bicyclic) bond motifs is 1. The molecule has 1 amide bonds. The minimum atomic E-state index is -0.468. The third kappa shape index (κ3) is 4.48. The zero-order valence-electron chi connectivity index (χ0n) is 17.0. The molecule has 0 saturated carbocycles. The van der Waals surface area contributed by atoms with Crippen LogP contribution in [0.3, 0.4) is 0 Å². The fourth-order valence-corrected chi connectivity index (χ4v) is 3.97. The zero-order valence-corrected chi connectivity index (χ0v) is 17.8. The largest absolute Gasteiger partial charge is 0.465 e. The Hall–Kier alpha value is -3.27. The lowest BCUT2D eigenvalue weighted by Gasteiger charge is -2.06. The number of nitrogens with zero attached hydrogens (tertiary/aromatic N) is 4. The van der Waals surface area contributed by atoms with Crippen LogP contribution in [0.1, 0.15) is 41.6 Å². The molecule has 0 bridgehead atoms. The number of esters is 2. The van der Waals surface area contributed by atoms with Crippen LogP contribution < -0.4 is 4.80 Å². The van der Waals surface area contributed by atoms with Crippen molar-refractivity contribution in [3.05, 3.63) is 46.5 Å². The Morgan fingerprint density at radius 1 is 1.10 bits per heavy atom. The summed E-state index contributed by atoms with van der Waals surface area (Å²) in [6.07, 6.45) is 1.54. The van der Waals surface area contributed by atoms with Gasteiger partial charge in [0.2, 0.25) is 0 Å². The molecule has 0 aliphatic heterocycles. The standard InChI is InChI=1S/C20H22N4O5S/c1-4-24-15(9-10-21-24)18(26)22-20-23(12-17(25)28-5-2)14-8-7-13(11-16(14)30-20)19(27)29-6-3/h7-11H,4-6,12H2,1-3H3. The number of amides is 1. The van der Waals surface area contributed by atoms with Gasteiger partial charge in [0.1, 0.15) is 12.2 Å². The predicted molar refractivity (Wildman–Crippen MR) is 110 cm³/mol. The summed E-state index contributed by atoms with van der Waals surface area (Å²) >= 11 is 1.20. The zero-order chi connectivity index (χ0) is 21.7. The Morgan fingerprint density at radius 3 is 2.57 bits per heavy atom. The van der Waals surface area contributed by atoms with Crippen LogP contribution in [0, 0.1) is 0 Å². The van der Waals surface area contributed by atoms with Gasteiger partial charge in [-0.3, -0.25) is 14.3 Å². The van der Waals surface area contributed by atoms with E-state index in [4.69, 9.17) is 9.47 Å². The summed E-state index contributed by atoms with van der Waals surface area (Å²) in [6, 6.07) is 6.58. The molecule has 9 nitrogen and oxygen atoms in total. The summed E-state index contributed by atoms with van der Waals surface area (Å²) in [7, 11) is 0. The Morgan fingerprint density at radius 2 is 1.87 bits per heavy atom. The lowest BCUT2D eigenvalue weighted by molar-refractivity contribution is -0.143. The summed E-state index contributed by atoms with van der Waals surface area (Å²) in [5.41, 5.74) is 1.40. The van der Waals surface area contributed by atoms with Crippen LogP contribution in [0.25, 0.3) is 10.2 Å². The van der Waals surface area contributed by atoms with Crippen molar-refractivity contribution in [2.45, 2.75) is 33.9 Å². The van der Waals surface area contributed by atoms with Crippen molar-refractivity contribution < 1.29 is 23.9 Å². The molecule has 0 spiro atoms. The number of ether oxygens (including phenoxy) is 2.